The van der Waals surface area contributed by atoms with Crippen LogP contribution in [-0.4, -0.2) is 10.7 Å². The monoisotopic (exact) mass is 365 g/mol. The van der Waals surface area contributed by atoms with Crippen LogP contribution in [0.25, 0.3) is 6.08 Å². The first-order chi connectivity index (χ1) is 12.4. The van der Waals surface area contributed by atoms with Gasteiger partial charge in [-0.25, -0.2) is 0 Å². The molecule has 0 aliphatic carbocycles. The highest BCUT2D eigenvalue weighted by atomic mass is 16.6. The first-order valence-electron chi connectivity index (χ1n) is 9.01. The van der Waals surface area contributed by atoms with Crippen LogP contribution in [0.4, 0.5) is 5.69 Å². The number of rotatable bonds is 4. The summed E-state index contributed by atoms with van der Waals surface area (Å²) in [6.45, 7) is 13.0. The maximum absolute atomic E-state index is 12.4. The molecule has 0 spiro atoms. The average molecular weight is 365 g/mol. The molecule has 0 saturated heterocycles. The molecule has 4 nitrogen and oxygen atoms in total. The number of hydrogen-bond donors (Lipinski definition) is 0. The summed E-state index contributed by atoms with van der Waals surface area (Å²) in [5.41, 5.74) is 3.57. The van der Waals surface area contributed by atoms with Crippen molar-refractivity contribution in [2.24, 2.45) is 0 Å². The highest BCUT2D eigenvalue weighted by Gasteiger charge is 2.20. The molecule has 2 aromatic rings. The van der Waals surface area contributed by atoms with Gasteiger partial charge in [0, 0.05) is 17.7 Å². The Morgan fingerprint density at radius 1 is 0.926 bits per heavy atom. The van der Waals surface area contributed by atoms with Gasteiger partial charge in [0.15, 0.2) is 5.78 Å². The van der Waals surface area contributed by atoms with E-state index < -0.39 is 4.92 Å². The maximum Gasteiger partial charge on any atom is 0.270 e. The van der Waals surface area contributed by atoms with E-state index in [1.165, 1.54) is 35.4 Å². The smallest absolute Gasteiger partial charge is 0.270 e. The summed E-state index contributed by atoms with van der Waals surface area (Å²) < 4.78 is 0. The van der Waals surface area contributed by atoms with Crippen LogP contribution in [0.5, 0.6) is 0 Å². The highest BCUT2D eigenvalue weighted by Crippen LogP contribution is 2.30. The fraction of sp³-hybridized carbons (Fsp3) is 0.348. The van der Waals surface area contributed by atoms with Crippen molar-refractivity contribution in [1.82, 2.24) is 0 Å². The first-order valence-corrected chi connectivity index (χ1v) is 9.01. The SMILES string of the molecule is CC(C)(C)c1cc(C=CC(=O)c2cccc([N+](=O)[O-])c2)cc(C(C)(C)C)c1. The van der Waals surface area contributed by atoms with Crippen LogP contribution in [0, 0.1) is 10.1 Å². The van der Waals surface area contributed by atoms with Crippen LogP contribution in [-0.2, 0) is 10.8 Å². The van der Waals surface area contributed by atoms with Crippen molar-refractivity contribution in [2.75, 3.05) is 0 Å². The molecule has 0 heterocycles. The van der Waals surface area contributed by atoms with E-state index in [1.807, 2.05) is 0 Å². The van der Waals surface area contributed by atoms with Gasteiger partial charge in [-0.2, -0.15) is 0 Å². The molecule has 0 aliphatic rings. The van der Waals surface area contributed by atoms with E-state index in [2.05, 4.69) is 59.7 Å². The summed E-state index contributed by atoms with van der Waals surface area (Å²) in [5, 5.41) is 10.9. The van der Waals surface area contributed by atoms with Crippen LogP contribution in [0.15, 0.2) is 48.5 Å². The molecular formula is C23H27NO3. The van der Waals surface area contributed by atoms with Gasteiger partial charge in [0.25, 0.3) is 5.69 Å². The minimum atomic E-state index is -0.497. The molecule has 142 valence electrons. The maximum atomic E-state index is 12.4. The molecule has 2 rings (SSSR count). The Balaban J connectivity index is 2.39. The highest BCUT2D eigenvalue weighted by molar-refractivity contribution is 6.07. The minimum Gasteiger partial charge on any atom is -0.289 e. The molecular weight excluding hydrogens is 338 g/mol. The number of hydrogen-bond acceptors (Lipinski definition) is 3. The average Bonchev–Trinajstić information content (AvgIpc) is 2.58. The third kappa shape index (κ3) is 5.36. The van der Waals surface area contributed by atoms with Crippen molar-refractivity contribution in [1.29, 1.82) is 0 Å². The Hall–Kier alpha value is -2.75. The van der Waals surface area contributed by atoms with Gasteiger partial charge in [0.05, 0.1) is 4.92 Å². The van der Waals surface area contributed by atoms with Crippen molar-refractivity contribution in [3.05, 3.63) is 80.9 Å². The molecule has 4 heteroatoms. The Morgan fingerprint density at radius 3 is 1.96 bits per heavy atom. The zero-order valence-electron chi connectivity index (χ0n) is 16.9. The largest absolute Gasteiger partial charge is 0.289 e. The summed E-state index contributed by atoms with van der Waals surface area (Å²) in [5.74, 6) is -0.253. The normalized spacial score (nSPS) is 12.4. The number of nitro groups is 1. The summed E-state index contributed by atoms with van der Waals surface area (Å²) in [7, 11) is 0. The zero-order valence-corrected chi connectivity index (χ0v) is 16.9. The van der Waals surface area contributed by atoms with Gasteiger partial charge in [-0.3, -0.25) is 14.9 Å². The van der Waals surface area contributed by atoms with Crippen molar-refractivity contribution in [3.8, 4) is 0 Å². The number of ketones is 1. The molecule has 2 aromatic carbocycles. The molecule has 0 aliphatic heterocycles. The third-order valence-corrected chi connectivity index (χ3v) is 4.46. The van der Waals surface area contributed by atoms with E-state index >= 15 is 0 Å². The van der Waals surface area contributed by atoms with Gasteiger partial charge in [-0.1, -0.05) is 78.0 Å². The molecule has 0 aromatic heterocycles. The molecule has 0 radical (unpaired) electrons. The van der Waals surface area contributed by atoms with Gasteiger partial charge in [-0.05, 0) is 33.6 Å². The standard InChI is InChI=1S/C23H27NO3/c1-22(2,3)18-12-16(13-19(15-18)23(4,5)6)10-11-21(25)17-8-7-9-20(14-17)24(26)27/h7-15H,1-6H3. The van der Waals surface area contributed by atoms with Crippen molar-refractivity contribution in [2.45, 2.75) is 52.4 Å². The second-order valence-electron chi connectivity index (χ2n) is 8.85. The predicted molar refractivity (Wildman–Crippen MR) is 110 cm³/mol. The van der Waals surface area contributed by atoms with Crippen molar-refractivity contribution >= 4 is 17.5 Å². The number of carbonyl (C=O) groups is 1. The topological polar surface area (TPSA) is 60.2 Å². The minimum absolute atomic E-state index is 0.00605. The van der Waals surface area contributed by atoms with Gasteiger partial charge in [-0.15, -0.1) is 0 Å². The van der Waals surface area contributed by atoms with E-state index in [-0.39, 0.29) is 22.3 Å². The molecule has 0 fully saturated rings. The van der Waals surface area contributed by atoms with E-state index in [1.54, 1.807) is 12.1 Å². The molecule has 0 amide bonds. The Morgan fingerprint density at radius 2 is 1.48 bits per heavy atom. The van der Waals surface area contributed by atoms with Gasteiger partial charge in [0.1, 0.15) is 0 Å². The lowest BCUT2D eigenvalue weighted by Gasteiger charge is -2.25. The lowest BCUT2D eigenvalue weighted by atomic mass is 9.79. The fourth-order valence-corrected chi connectivity index (χ4v) is 2.65. The van der Waals surface area contributed by atoms with Gasteiger partial charge < -0.3 is 0 Å². The summed E-state index contributed by atoms with van der Waals surface area (Å²) in [6, 6.07) is 12.2. The third-order valence-electron chi connectivity index (χ3n) is 4.46. The molecule has 0 unspecified atom stereocenters. The van der Waals surface area contributed by atoms with E-state index in [9.17, 15) is 14.9 Å². The second-order valence-corrected chi connectivity index (χ2v) is 8.85. The Bertz CT molecular complexity index is 864. The number of allylic oxidation sites excluding steroid dienone is 1. The van der Waals surface area contributed by atoms with Gasteiger partial charge in [0.2, 0.25) is 0 Å². The van der Waals surface area contributed by atoms with Crippen LogP contribution < -0.4 is 0 Å². The molecule has 0 N–H and O–H groups in total. The van der Waals surface area contributed by atoms with E-state index in [0.717, 1.165) is 5.56 Å². The lowest BCUT2D eigenvalue weighted by molar-refractivity contribution is -0.384. The molecule has 27 heavy (non-hydrogen) atoms. The van der Waals surface area contributed by atoms with Crippen LogP contribution in [0.2, 0.25) is 0 Å². The summed E-state index contributed by atoms with van der Waals surface area (Å²) in [6.07, 6.45) is 3.26. The number of nitrogens with zero attached hydrogens (tertiary/aromatic N) is 1. The Kier molecular flexibility index (Phi) is 5.69. The van der Waals surface area contributed by atoms with E-state index in [4.69, 9.17) is 0 Å². The first kappa shape index (κ1) is 20.6. The lowest BCUT2D eigenvalue weighted by Crippen LogP contribution is -2.16. The zero-order chi connectivity index (χ0) is 20.4. The quantitative estimate of drug-likeness (QED) is 0.285. The van der Waals surface area contributed by atoms with Crippen molar-refractivity contribution in [3.63, 3.8) is 0 Å². The number of nitro benzene ring substituents is 1. The van der Waals surface area contributed by atoms with Crippen LogP contribution in [0.1, 0.15) is 68.6 Å². The molecule has 0 bridgehead atoms. The molecule has 0 saturated carbocycles. The van der Waals surface area contributed by atoms with Gasteiger partial charge >= 0.3 is 0 Å². The van der Waals surface area contributed by atoms with Crippen LogP contribution >= 0.6 is 0 Å². The Labute approximate surface area is 161 Å². The fourth-order valence-electron chi connectivity index (χ4n) is 2.65. The van der Waals surface area contributed by atoms with Crippen molar-refractivity contribution < 1.29 is 9.72 Å². The number of benzene rings is 2. The summed E-state index contributed by atoms with van der Waals surface area (Å²) >= 11 is 0. The van der Waals surface area contributed by atoms with E-state index in [0.29, 0.717) is 5.56 Å². The number of carbonyl (C=O) groups excluding carboxylic acids is 1. The second kappa shape index (κ2) is 7.47. The number of non-ortho nitro benzene ring substituents is 1. The predicted octanol–water partition coefficient (Wildman–Crippen LogP) is 6.09. The molecule has 0 atom stereocenters. The summed E-state index contributed by atoms with van der Waals surface area (Å²) in [4.78, 5) is 22.8. The van der Waals surface area contributed by atoms with Crippen LogP contribution in [0.3, 0.4) is 0 Å².